The number of hydrogen-bond donors (Lipinski definition) is 2. The van der Waals surface area contributed by atoms with E-state index in [1.54, 1.807) is 42.7 Å². The topological polar surface area (TPSA) is 112 Å². The normalized spacial score (nSPS) is 11.8. The zero-order valence-corrected chi connectivity index (χ0v) is 22.5. The first kappa shape index (κ1) is 29.8. The van der Waals surface area contributed by atoms with Crippen molar-refractivity contribution in [3.8, 4) is 22.8 Å². The van der Waals surface area contributed by atoms with Gasteiger partial charge in [-0.1, -0.05) is 23.2 Å². The van der Waals surface area contributed by atoms with Crippen LogP contribution in [0.2, 0.25) is 10.0 Å². The van der Waals surface area contributed by atoms with Gasteiger partial charge in [0.05, 0.1) is 28.0 Å². The first-order valence-corrected chi connectivity index (χ1v) is 12.8. The molecule has 4 aromatic rings. The zero-order valence-electron chi connectivity index (χ0n) is 21.0. The first-order valence-electron chi connectivity index (χ1n) is 12.0. The van der Waals surface area contributed by atoms with Gasteiger partial charge in [0.25, 0.3) is 0 Å². The van der Waals surface area contributed by atoms with Crippen LogP contribution >= 0.6 is 23.2 Å². The van der Waals surface area contributed by atoms with Crippen molar-refractivity contribution in [3.63, 3.8) is 0 Å². The fraction of sp³-hybridized carbons (Fsp3) is 0.185. The van der Waals surface area contributed by atoms with Gasteiger partial charge in [0.2, 0.25) is 17.7 Å². The van der Waals surface area contributed by atoms with Crippen LogP contribution in [0.4, 0.5) is 17.6 Å². The highest BCUT2D eigenvalue weighted by Crippen LogP contribution is 2.30. The predicted octanol–water partition coefficient (Wildman–Crippen LogP) is 5.17. The third-order valence-electron chi connectivity index (χ3n) is 5.86. The Labute approximate surface area is 241 Å². The van der Waals surface area contributed by atoms with Crippen LogP contribution in [-0.2, 0) is 16.0 Å². The van der Waals surface area contributed by atoms with Crippen LogP contribution in [0.25, 0.3) is 16.9 Å². The Balaban J connectivity index is 1.41. The minimum Gasteiger partial charge on any atom is -0.478 e. The Kier molecular flexibility index (Phi) is 9.46. The molecule has 41 heavy (non-hydrogen) atoms. The molecule has 0 unspecified atom stereocenters. The molecule has 0 fully saturated rings. The van der Waals surface area contributed by atoms with E-state index in [0.717, 1.165) is 5.56 Å². The number of halogens is 6. The smallest absolute Gasteiger partial charge is 0.240 e. The van der Waals surface area contributed by atoms with Crippen molar-refractivity contribution in [2.75, 3.05) is 6.61 Å². The standard InChI is InChI=1S/C27H21Cl2F4N5O3/c28-17-6-5-16(11-18(17)29)38-23(12-20(37-38)14-3-1-7-35-13-14)41-8-2-4-22(39)36-21(27(34)40)10-15-9-19(30)25(32)26(33)24(15)31/h1,3,5-7,9,11-13,21H,2,4,8,10H2,(H2,34,40)(H,36,39)/t21-/m0/s1. The molecule has 0 aliphatic heterocycles. The van der Waals surface area contributed by atoms with Gasteiger partial charge < -0.3 is 15.8 Å². The van der Waals surface area contributed by atoms with Crippen molar-refractivity contribution in [2.24, 2.45) is 5.73 Å². The number of carbonyl (C=O) groups excluding carboxylic acids is 2. The SMILES string of the molecule is NC(=O)[C@H](Cc1cc(F)c(F)c(F)c1F)NC(=O)CCCOc1cc(-c2cccnc2)nn1-c1ccc(Cl)c(Cl)c1. The molecule has 2 aromatic heterocycles. The second-order valence-electron chi connectivity index (χ2n) is 8.76. The summed E-state index contributed by atoms with van der Waals surface area (Å²) in [6, 6.07) is 9.06. The second kappa shape index (κ2) is 13.0. The van der Waals surface area contributed by atoms with Crippen molar-refractivity contribution in [3.05, 3.63) is 93.7 Å². The number of nitrogens with zero attached hydrogens (tertiary/aromatic N) is 3. The van der Waals surface area contributed by atoms with Crippen LogP contribution in [0.5, 0.6) is 5.88 Å². The number of aromatic nitrogens is 3. The molecule has 1 atom stereocenters. The van der Waals surface area contributed by atoms with Gasteiger partial charge in [0.15, 0.2) is 23.3 Å². The number of rotatable bonds is 11. The van der Waals surface area contributed by atoms with Gasteiger partial charge in [-0.3, -0.25) is 14.6 Å². The number of nitrogens with one attached hydrogen (secondary N) is 1. The van der Waals surface area contributed by atoms with E-state index in [2.05, 4.69) is 15.4 Å². The fourth-order valence-corrected chi connectivity index (χ4v) is 4.11. The molecule has 2 amide bonds. The Morgan fingerprint density at radius 3 is 2.49 bits per heavy atom. The Morgan fingerprint density at radius 2 is 1.80 bits per heavy atom. The van der Waals surface area contributed by atoms with E-state index in [1.165, 1.54) is 4.68 Å². The Morgan fingerprint density at radius 1 is 1.02 bits per heavy atom. The van der Waals surface area contributed by atoms with Gasteiger partial charge >= 0.3 is 0 Å². The highest BCUT2D eigenvalue weighted by atomic mass is 35.5. The van der Waals surface area contributed by atoms with Crippen LogP contribution in [0.1, 0.15) is 18.4 Å². The fourth-order valence-electron chi connectivity index (χ4n) is 3.81. The Hall–Kier alpha value is -4.16. The maximum Gasteiger partial charge on any atom is 0.240 e. The van der Waals surface area contributed by atoms with Crippen LogP contribution in [0.3, 0.4) is 0 Å². The van der Waals surface area contributed by atoms with Crippen molar-refractivity contribution >= 4 is 35.0 Å². The van der Waals surface area contributed by atoms with Crippen molar-refractivity contribution in [1.29, 1.82) is 0 Å². The number of hydrogen-bond acceptors (Lipinski definition) is 5. The average molecular weight is 610 g/mol. The summed E-state index contributed by atoms with van der Waals surface area (Å²) in [6.45, 7) is 0.0389. The molecule has 0 aliphatic carbocycles. The molecular formula is C27H21Cl2F4N5O3. The van der Waals surface area contributed by atoms with E-state index in [-0.39, 0.29) is 19.4 Å². The molecule has 2 heterocycles. The molecule has 0 spiro atoms. The minimum atomic E-state index is -2.03. The van der Waals surface area contributed by atoms with Crippen LogP contribution in [0, 0.1) is 23.3 Å². The molecule has 0 aliphatic rings. The van der Waals surface area contributed by atoms with Crippen LogP contribution < -0.4 is 15.8 Å². The lowest BCUT2D eigenvalue weighted by molar-refractivity contribution is -0.127. The monoisotopic (exact) mass is 609 g/mol. The van der Waals surface area contributed by atoms with Crippen LogP contribution in [-0.4, -0.2) is 39.2 Å². The van der Waals surface area contributed by atoms with E-state index in [9.17, 15) is 27.2 Å². The third kappa shape index (κ3) is 7.14. The maximum absolute atomic E-state index is 14.0. The van der Waals surface area contributed by atoms with Gasteiger partial charge in [-0.05, 0) is 48.4 Å². The molecular weight excluding hydrogens is 589 g/mol. The highest BCUT2D eigenvalue weighted by Gasteiger charge is 2.25. The molecule has 2 aromatic carbocycles. The molecule has 3 N–H and O–H groups in total. The molecule has 0 bridgehead atoms. The minimum absolute atomic E-state index is 0.0389. The summed E-state index contributed by atoms with van der Waals surface area (Å²) in [7, 11) is 0. The van der Waals surface area contributed by atoms with Gasteiger partial charge in [-0.15, -0.1) is 0 Å². The number of pyridine rings is 1. The lowest BCUT2D eigenvalue weighted by Gasteiger charge is -2.16. The number of benzene rings is 2. The lowest BCUT2D eigenvalue weighted by Crippen LogP contribution is -2.46. The summed E-state index contributed by atoms with van der Waals surface area (Å²) in [6.07, 6.45) is 2.59. The number of amides is 2. The molecule has 0 radical (unpaired) electrons. The molecule has 0 saturated carbocycles. The van der Waals surface area contributed by atoms with E-state index < -0.39 is 53.1 Å². The summed E-state index contributed by atoms with van der Waals surface area (Å²) < 4.78 is 61.7. The number of primary amides is 1. The van der Waals surface area contributed by atoms with E-state index >= 15 is 0 Å². The summed E-state index contributed by atoms with van der Waals surface area (Å²) in [4.78, 5) is 28.3. The number of carbonyl (C=O) groups is 2. The zero-order chi connectivity index (χ0) is 29.7. The van der Waals surface area contributed by atoms with Crippen molar-refractivity contribution in [1.82, 2.24) is 20.1 Å². The van der Waals surface area contributed by atoms with Crippen molar-refractivity contribution < 1.29 is 31.9 Å². The van der Waals surface area contributed by atoms with Gasteiger partial charge in [-0.25, -0.2) is 22.2 Å². The summed E-state index contributed by atoms with van der Waals surface area (Å²) >= 11 is 12.2. The quantitative estimate of drug-likeness (QED) is 0.105. The van der Waals surface area contributed by atoms with Gasteiger partial charge in [-0.2, -0.15) is 5.10 Å². The summed E-state index contributed by atoms with van der Waals surface area (Å²) in [5.74, 6) is -8.74. The molecule has 214 valence electrons. The predicted molar refractivity (Wildman–Crippen MR) is 143 cm³/mol. The summed E-state index contributed by atoms with van der Waals surface area (Å²) in [5, 5.41) is 7.53. The second-order valence-corrected chi connectivity index (χ2v) is 9.57. The van der Waals surface area contributed by atoms with Crippen LogP contribution in [0.15, 0.2) is 54.9 Å². The molecule has 0 saturated heterocycles. The van der Waals surface area contributed by atoms with Gasteiger partial charge in [0, 0.05) is 36.9 Å². The van der Waals surface area contributed by atoms with Gasteiger partial charge in [0.1, 0.15) is 6.04 Å². The first-order chi connectivity index (χ1) is 19.5. The number of nitrogens with two attached hydrogens (primary N) is 1. The largest absolute Gasteiger partial charge is 0.478 e. The Bertz CT molecular complexity index is 1590. The highest BCUT2D eigenvalue weighted by molar-refractivity contribution is 6.42. The summed E-state index contributed by atoms with van der Waals surface area (Å²) in [5.41, 5.74) is 6.46. The number of ether oxygens (including phenoxy) is 1. The molecule has 4 rings (SSSR count). The average Bonchev–Trinajstić information content (AvgIpc) is 3.38. The van der Waals surface area contributed by atoms with E-state index in [1.807, 2.05) is 6.07 Å². The molecule has 8 nitrogen and oxygen atoms in total. The third-order valence-corrected chi connectivity index (χ3v) is 6.60. The lowest BCUT2D eigenvalue weighted by atomic mass is 10.0. The maximum atomic E-state index is 14.0. The molecule has 14 heteroatoms. The van der Waals surface area contributed by atoms with E-state index in [4.69, 9.17) is 33.7 Å². The van der Waals surface area contributed by atoms with E-state index in [0.29, 0.717) is 33.4 Å². The van der Waals surface area contributed by atoms with Crippen molar-refractivity contribution in [2.45, 2.75) is 25.3 Å².